The van der Waals surface area contributed by atoms with Crippen LogP contribution < -0.4 is 15.8 Å². The summed E-state index contributed by atoms with van der Waals surface area (Å²) in [5, 5.41) is 12.0. The molecule has 1 heterocycles. The molecule has 0 aliphatic carbocycles. The van der Waals surface area contributed by atoms with Crippen molar-refractivity contribution in [1.29, 1.82) is 0 Å². The Hall–Kier alpha value is -4.49. The van der Waals surface area contributed by atoms with Crippen molar-refractivity contribution in [3.8, 4) is 16.9 Å². The van der Waals surface area contributed by atoms with Gasteiger partial charge < -0.3 is 20.9 Å². The smallest absolute Gasteiger partial charge is 0.307 e. The summed E-state index contributed by atoms with van der Waals surface area (Å²) in [6.45, 7) is 0.719. The van der Waals surface area contributed by atoms with E-state index in [0.717, 1.165) is 22.3 Å². The van der Waals surface area contributed by atoms with Crippen molar-refractivity contribution in [3.63, 3.8) is 0 Å². The quantitative estimate of drug-likeness (QED) is 0.330. The van der Waals surface area contributed by atoms with Gasteiger partial charge in [0, 0.05) is 30.2 Å². The Balaban J connectivity index is 1.67. The molecule has 0 spiro atoms. The number of carbonyl (C=O) groups is 2. The van der Waals surface area contributed by atoms with Gasteiger partial charge in [-0.15, -0.1) is 0 Å². The highest BCUT2D eigenvalue weighted by Crippen LogP contribution is 2.28. The summed E-state index contributed by atoms with van der Waals surface area (Å²) in [6.07, 6.45) is 3.20. The second-order valence-electron chi connectivity index (χ2n) is 7.98. The van der Waals surface area contributed by atoms with E-state index in [1.165, 1.54) is 0 Å². The molecule has 0 saturated carbocycles. The number of carboxylic acid groups (broad SMARTS) is 1. The van der Waals surface area contributed by atoms with Gasteiger partial charge in [-0.1, -0.05) is 36.4 Å². The Bertz CT molecular complexity index is 1340. The number of benzene rings is 3. The number of aliphatic carboxylic acids is 1. The third-order valence-corrected chi connectivity index (χ3v) is 5.43. The van der Waals surface area contributed by atoms with Crippen LogP contribution in [0.25, 0.3) is 11.1 Å². The van der Waals surface area contributed by atoms with Crippen LogP contribution in [0, 0.1) is 0 Å². The van der Waals surface area contributed by atoms with Gasteiger partial charge in [-0.25, -0.2) is 0 Å². The molecular formula is C28H25N3O4. The number of nitrogens with one attached hydrogen (secondary N) is 1. The van der Waals surface area contributed by atoms with Crippen LogP contribution in [-0.2, 0) is 24.4 Å². The Labute approximate surface area is 203 Å². The molecule has 0 atom stereocenters. The molecule has 0 radical (unpaired) electrons. The lowest BCUT2D eigenvalue weighted by Crippen LogP contribution is -2.15. The summed E-state index contributed by atoms with van der Waals surface area (Å²) in [5.41, 5.74) is 10.8. The molecule has 7 heteroatoms. The van der Waals surface area contributed by atoms with E-state index >= 15 is 0 Å². The normalized spacial score (nSPS) is 10.5. The van der Waals surface area contributed by atoms with Gasteiger partial charge in [0.25, 0.3) is 5.91 Å². The molecule has 0 aliphatic heterocycles. The number of amides is 1. The minimum Gasteiger partial charge on any atom is -0.489 e. The molecule has 1 aromatic heterocycles. The zero-order valence-corrected chi connectivity index (χ0v) is 19.0. The molecule has 0 bridgehead atoms. The third-order valence-electron chi connectivity index (χ3n) is 5.43. The van der Waals surface area contributed by atoms with Gasteiger partial charge in [0.1, 0.15) is 12.4 Å². The number of para-hydroxylation sites is 1. The van der Waals surface area contributed by atoms with Crippen molar-refractivity contribution < 1.29 is 19.4 Å². The number of ether oxygens (including phenoxy) is 1. The summed E-state index contributed by atoms with van der Waals surface area (Å²) in [7, 11) is 0. The number of anilines is 1. The van der Waals surface area contributed by atoms with E-state index in [2.05, 4.69) is 10.3 Å². The first-order chi connectivity index (χ1) is 17.0. The standard InChI is InChI=1S/C28H25N3O4/c29-17-20-4-3-6-21(12-20)23-13-24(15-25(14-23)35-18-19-8-10-30-11-9-19)28(34)31-26-7-2-1-5-22(26)16-27(32)33/h1-15H,16-18,29H2,(H,31,34)(H,32,33). The number of pyridine rings is 1. The maximum Gasteiger partial charge on any atom is 0.307 e. The van der Waals surface area contributed by atoms with Gasteiger partial charge in [0.15, 0.2) is 0 Å². The lowest BCUT2D eigenvalue weighted by Gasteiger charge is -2.14. The van der Waals surface area contributed by atoms with E-state index in [1.54, 1.807) is 48.8 Å². The molecule has 176 valence electrons. The SMILES string of the molecule is NCc1cccc(-c2cc(OCc3ccncc3)cc(C(=O)Nc3ccccc3CC(=O)O)c2)c1. The monoisotopic (exact) mass is 467 g/mol. The second-order valence-corrected chi connectivity index (χ2v) is 7.98. The number of hydrogen-bond donors (Lipinski definition) is 3. The van der Waals surface area contributed by atoms with Gasteiger partial charge in [-0.05, 0) is 70.3 Å². The van der Waals surface area contributed by atoms with Crippen LogP contribution in [0.5, 0.6) is 5.75 Å². The number of carbonyl (C=O) groups excluding carboxylic acids is 1. The van der Waals surface area contributed by atoms with Crippen molar-refractivity contribution in [2.24, 2.45) is 5.73 Å². The Morgan fingerprint density at radius 3 is 2.46 bits per heavy atom. The van der Waals surface area contributed by atoms with Crippen molar-refractivity contribution in [2.75, 3.05) is 5.32 Å². The number of hydrogen-bond acceptors (Lipinski definition) is 5. The van der Waals surface area contributed by atoms with Gasteiger partial charge in [0.05, 0.1) is 6.42 Å². The molecule has 1 amide bonds. The van der Waals surface area contributed by atoms with Crippen molar-refractivity contribution in [1.82, 2.24) is 4.98 Å². The minimum absolute atomic E-state index is 0.192. The number of rotatable bonds is 9. The molecule has 7 nitrogen and oxygen atoms in total. The maximum atomic E-state index is 13.2. The fourth-order valence-electron chi connectivity index (χ4n) is 3.66. The van der Waals surface area contributed by atoms with Crippen LogP contribution in [0.2, 0.25) is 0 Å². The zero-order valence-electron chi connectivity index (χ0n) is 19.0. The zero-order chi connectivity index (χ0) is 24.6. The van der Waals surface area contributed by atoms with E-state index in [-0.39, 0.29) is 12.3 Å². The van der Waals surface area contributed by atoms with E-state index < -0.39 is 5.97 Å². The average Bonchev–Trinajstić information content (AvgIpc) is 2.89. The lowest BCUT2D eigenvalue weighted by atomic mass is 10.00. The molecule has 35 heavy (non-hydrogen) atoms. The Morgan fingerprint density at radius 1 is 0.886 bits per heavy atom. The highest BCUT2D eigenvalue weighted by atomic mass is 16.5. The molecule has 0 fully saturated rings. The average molecular weight is 468 g/mol. The molecule has 4 N–H and O–H groups in total. The van der Waals surface area contributed by atoms with E-state index in [0.29, 0.717) is 35.7 Å². The fourth-order valence-corrected chi connectivity index (χ4v) is 3.66. The van der Waals surface area contributed by atoms with E-state index in [1.807, 2.05) is 42.5 Å². The summed E-state index contributed by atoms with van der Waals surface area (Å²) >= 11 is 0. The second kappa shape index (κ2) is 11.1. The van der Waals surface area contributed by atoms with Crippen LogP contribution in [0.1, 0.15) is 27.0 Å². The van der Waals surface area contributed by atoms with Crippen LogP contribution in [0.4, 0.5) is 5.69 Å². The fraction of sp³-hybridized carbons (Fsp3) is 0.107. The maximum absolute atomic E-state index is 13.2. The first kappa shape index (κ1) is 23.7. The van der Waals surface area contributed by atoms with Crippen molar-refractivity contribution in [3.05, 3.63) is 114 Å². The lowest BCUT2D eigenvalue weighted by molar-refractivity contribution is -0.136. The molecular weight excluding hydrogens is 442 g/mol. The summed E-state index contributed by atoms with van der Waals surface area (Å²) in [4.78, 5) is 28.5. The van der Waals surface area contributed by atoms with Crippen LogP contribution >= 0.6 is 0 Å². The highest BCUT2D eigenvalue weighted by molar-refractivity contribution is 6.06. The topological polar surface area (TPSA) is 115 Å². The number of nitrogens with two attached hydrogens (primary N) is 1. The van der Waals surface area contributed by atoms with Gasteiger partial charge >= 0.3 is 5.97 Å². The van der Waals surface area contributed by atoms with E-state index in [9.17, 15) is 14.7 Å². The third kappa shape index (κ3) is 6.31. The van der Waals surface area contributed by atoms with Crippen LogP contribution in [0.3, 0.4) is 0 Å². The van der Waals surface area contributed by atoms with Gasteiger partial charge in [-0.2, -0.15) is 0 Å². The predicted molar refractivity (Wildman–Crippen MR) is 134 cm³/mol. The van der Waals surface area contributed by atoms with Crippen molar-refractivity contribution in [2.45, 2.75) is 19.6 Å². The largest absolute Gasteiger partial charge is 0.489 e. The number of nitrogens with zero attached hydrogens (tertiary/aromatic N) is 1. The summed E-state index contributed by atoms with van der Waals surface area (Å²) < 4.78 is 6.02. The predicted octanol–water partition coefficient (Wildman–Crippen LogP) is 4.67. The minimum atomic E-state index is -0.972. The summed E-state index contributed by atoms with van der Waals surface area (Å²) in [5.74, 6) is -0.810. The van der Waals surface area contributed by atoms with E-state index in [4.69, 9.17) is 10.5 Å². The number of carboxylic acids is 1. The molecule has 0 aliphatic rings. The molecule has 0 unspecified atom stereocenters. The molecule has 4 aromatic rings. The molecule has 4 rings (SSSR count). The van der Waals surface area contributed by atoms with Gasteiger partial charge in [-0.3, -0.25) is 14.6 Å². The molecule has 0 saturated heterocycles. The van der Waals surface area contributed by atoms with Gasteiger partial charge in [0.2, 0.25) is 0 Å². The first-order valence-electron chi connectivity index (χ1n) is 11.1. The first-order valence-corrected chi connectivity index (χ1v) is 11.1. The number of aromatic nitrogens is 1. The summed E-state index contributed by atoms with van der Waals surface area (Å²) in [6, 6.07) is 23.7. The highest BCUT2D eigenvalue weighted by Gasteiger charge is 2.14. The van der Waals surface area contributed by atoms with Crippen LogP contribution in [0.15, 0.2) is 91.3 Å². The van der Waals surface area contributed by atoms with Crippen LogP contribution in [-0.4, -0.2) is 22.0 Å². The Kier molecular flexibility index (Phi) is 7.50. The Morgan fingerprint density at radius 2 is 1.69 bits per heavy atom. The molecule has 3 aromatic carbocycles. The van der Waals surface area contributed by atoms with Crippen molar-refractivity contribution >= 4 is 17.6 Å².